The van der Waals surface area contributed by atoms with Crippen LogP contribution in [0.25, 0.3) is 11.0 Å². The number of aromatic nitrogens is 6. The molecule has 1 N–H and O–H groups in total. The fourth-order valence-corrected chi connectivity index (χ4v) is 6.09. The molecule has 1 saturated carbocycles. The number of aryl methyl sites for hydroxylation is 1. The van der Waals surface area contributed by atoms with Gasteiger partial charge >= 0.3 is 5.97 Å². The van der Waals surface area contributed by atoms with E-state index in [0.717, 1.165) is 47.9 Å². The van der Waals surface area contributed by atoms with Crippen molar-refractivity contribution in [3.05, 3.63) is 94.8 Å². The van der Waals surface area contributed by atoms with Crippen LogP contribution in [-0.4, -0.2) is 70.7 Å². The Labute approximate surface area is 257 Å². The number of anilines is 1. The van der Waals surface area contributed by atoms with Crippen molar-refractivity contribution in [2.75, 3.05) is 18.0 Å². The van der Waals surface area contributed by atoms with Gasteiger partial charge in [0, 0.05) is 43.3 Å². The number of imidazole rings is 1. The zero-order chi connectivity index (χ0) is 31.1. The van der Waals surface area contributed by atoms with Crippen LogP contribution in [-0.2, 0) is 26.2 Å². The predicted octanol–water partition coefficient (Wildman–Crippen LogP) is 3.84. The first-order valence-electron chi connectivity index (χ1n) is 14.8. The molecule has 2 aromatic carbocycles. The van der Waals surface area contributed by atoms with Gasteiger partial charge in [-0.25, -0.2) is 18.9 Å². The zero-order valence-electron chi connectivity index (χ0n) is 24.5. The van der Waals surface area contributed by atoms with Crippen LogP contribution in [0.15, 0.2) is 60.8 Å². The average molecular weight is 608 g/mol. The molecular weight excluding hydrogens is 577 g/mol. The fourth-order valence-electron chi connectivity index (χ4n) is 6.09. The summed E-state index contributed by atoms with van der Waals surface area (Å²) in [6, 6.07) is 17.5. The number of rotatable bonds is 10. The quantitative estimate of drug-likeness (QED) is 0.249. The number of nitriles is 1. The van der Waals surface area contributed by atoms with Gasteiger partial charge in [-0.15, -0.1) is 5.10 Å². The minimum Gasteiger partial charge on any atom is -0.478 e. The Bertz CT molecular complexity index is 1950. The van der Waals surface area contributed by atoms with Gasteiger partial charge in [-0.2, -0.15) is 10.2 Å². The Morgan fingerprint density at radius 3 is 2.80 bits per heavy atom. The molecule has 13 heteroatoms. The number of pyridine rings is 1. The van der Waals surface area contributed by atoms with Gasteiger partial charge in [0.25, 0.3) is 0 Å². The van der Waals surface area contributed by atoms with E-state index in [9.17, 15) is 14.3 Å². The maximum Gasteiger partial charge on any atom is 0.335 e. The van der Waals surface area contributed by atoms with Gasteiger partial charge in [-0.1, -0.05) is 17.3 Å². The van der Waals surface area contributed by atoms with E-state index in [-0.39, 0.29) is 17.7 Å². The highest BCUT2D eigenvalue weighted by Gasteiger charge is 2.49. The molecule has 1 aliphatic carbocycles. The first-order valence-corrected chi connectivity index (χ1v) is 14.8. The second-order valence-electron chi connectivity index (χ2n) is 11.2. The number of piperazine rings is 1. The molecule has 2 fully saturated rings. The van der Waals surface area contributed by atoms with Crippen molar-refractivity contribution >= 4 is 22.8 Å². The summed E-state index contributed by atoms with van der Waals surface area (Å²) < 4.78 is 24.1. The molecule has 228 valence electrons. The zero-order valence-corrected chi connectivity index (χ0v) is 24.5. The number of hydrogen-bond donors (Lipinski definition) is 1. The Morgan fingerprint density at radius 2 is 2.00 bits per heavy atom. The maximum absolute atomic E-state index is 14.3. The Kier molecular flexibility index (Phi) is 7.34. The molecule has 0 bridgehead atoms. The van der Waals surface area contributed by atoms with Crippen LogP contribution >= 0.6 is 0 Å². The third kappa shape index (κ3) is 5.56. The van der Waals surface area contributed by atoms with E-state index in [4.69, 9.17) is 20.0 Å². The second kappa shape index (κ2) is 11.6. The smallest absolute Gasteiger partial charge is 0.335 e. The molecule has 0 radical (unpaired) electrons. The molecule has 2 aliphatic rings. The molecule has 0 amide bonds. The molecule has 1 saturated heterocycles. The molecule has 5 aromatic rings. The molecule has 4 heterocycles. The molecule has 1 aliphatic heterocycles. The van der Waals surface area contributed by atoms with Crippen LogP contribution < -0.4 is 9.64 Å². The molecule has 2 atom stereocenters. The van der Waals surface area contributed by atoms with Gasteiger partial charge in [-0.3, -0.25) is 4.90 Å². The number of carboxylic acid groups (broad SMARTS) is 1. The van der Waals surface area contributed by atoms with E-state index in [1.54, 1.807) is 42.6 Å². The van der Waals surface area contributed by atoms with Gasteiger partial charge in [-0.05, 0) is 49.7 Å². The topological polar surface area (TPSA) is 138 Å². The van der Waals surface area contributed by atoms with Crippen LogP contribution in [0, 0.1) is 17.1 Å². The summed E-state index contributed by atoms with van der Waals surface area (Å²) in [6.45, 7) is 5.35. The van der Waals surface area contributed by atoms with Crippen molar-refractivity contribution in [3.63, 3.8) is 0 Å². The van der Waals surface area contributed by atoms with Crippen molar-refractivity contribution in [2.24, 2.45) is 0 Å². The molecule has 0 spiro atoms. The SMILES string of the molecule is CCn1nncc1Cn1c(CN2CCN(c3cccc(OCc4ccc(C#N)cc4F)n3)C3C[C@@H]32)nc2ccc(C(=O)O)cc21. The van der Waals surface area contributed by atoms with Crippen molar-refractivity contribution < 1.29 is 19.0 Å². The highest BCUT2D eigenvalue weighted by molar-refractivity contribution is 5.92. The lowest BCUT2D eigenvalue weighted by Gasteiger charge is -2.34. The standard InChI is InChI=1S/C32H30FN9O3/c1-2-42-23(16-35-38-42)17-41-26-13-21(32(43)44)8-9-25(26)36-30(41)18-39-10-11-40(28-14-27(28)39)29-4-3-5-31(37-29)45-19-22-7-6-20(15-34)12-24(22)33/h3-9,12-13,16,27-28H,2,10-11,14,17-19H2,1H3,(H,43,44)/t27-,28?/m0/s1. The van der Waals surface area contributed by atoms with Crippen molar-refractivity contribution in [1.29, 1.82) is 5.26 Å². The third-order valence-electron chi connectivity index (χ3n) is 8.52. The first kappa shape index (κ1) is 28.4. The van der Waals surface area contributed by atoms with Gasteiger partial charge < -0.3 is 19.3 Å². The van der Waals surface area contributed by atoms with Gasteiger partial charge in [0.2, 0.25) is 5.88 Å². The third-order valence-corrected chi connectivity index (χ3v) is 8.52. The van der Waals surface area contributed by atoms with E-state index in [2.05, 4.69) is 24.7 Å². The summed E-state index contributed by atoms with van der Waals surface area (Å²) in [4.78, 5) is 26.1. The lowest BCUT2D eigenvalue weighted by molar-refractivity contribution is 0.0697. The van der Waals surface area contributed by atoms with Crippen molar-refractivity contribution in [3.8, 4) is 11.9 Å². The molecule has 7 rings (SSSR count). The number of carbonyl (C=O) groups is 1. The average Bonchev–Trinajstić information content (AvgIpc) is 3.62. The largest absolute Gasteiger partial charge is 0.478 e. The Morgan fingerprint density at radius 1 is 1.11 bits per heavy atom. The van der Waals surface area contributed by atoms with Crippen LogP contribution in [0.2, 0.25) is 0 Å². The second-order valence-corrected chi connectivity index (χ2v) is 11.2. The highest BCUT2D eigenvalue weighted by atomic mass is 19.1. The summed E-state index contributed by atoms with van der Waals surface area (Å²) in [5.74, 6) is 0.623. The van der Waals surface area contributed by atoms with E-state index in [0.29, 0.717) is 43.2 Å². The van der Waals surface area contributed by atoms with Crippen LogP contribution in [0.4, 0.5) is 10.2 Å². The number of benzene rings is 2. The van der Waals surface area contributed by atoms with E-state index < -0.39 is 11.8 Å². The molecular formula is C32H30FN9O3. The van der Waals surface area contributed by atoms with Gasteiger partial charge in [0.15, 0.2) is 0 Å². The summed E-state index contributed by atoms with van der Waals surface area (Å²) in [5.41, 5.74) is 3.27. The number of ether oxygens (including phenoxy) is 1. The molecule has 3 aromatic heterocycles. The molecule has 12 nitrogen and oxygen atoms in total. The minimum atomic E-state index is -0.979. The minimum absolute atomic E-state index is 0.0118. The number of carboxylic acids is 1. The number of fused-ring (bicyclic) bond motifs is 2. The van der Waals surface area contributed by atoms with Gasteiger partial charge in [0.1, 0.15) is 24.1 Å². The van der Waals surface area contributed by atoms with E-state index in [1.807, 2.05) is 29.8 Å². The summed E-state index contributed by atoms with van der Waals surface area (Å²) in [5, 5.41) is 26.8. The summed E-state index contributed by atoms with van der Waals surface area (Å²) >= 11 is 0. The number of halogens is 1. The lowest BCUT2D eigenvalue weighted by atomic mass is 10.1. The monoisotopic (exact) mass is 607 g/mol. The maximum atomic E-state index is 14.3. The number of aromatic carboxylic acids is 1. The molecule has 45 heavy (non-hydrogen) atoms. The van der Waals surface area contributed by atoms with E-state index >= 15 is 0 Å². The Hall–Kier alpha value is -5.35. The summed E-state index contributed by atoms with van der Waals surface area (Å²) in [6.07, 6.45) is 2.72. The summed E-state index contributed by atoms with van der Waals surface area (Å²) in [7, 11) is 0. The van der Waals surface area contributed by atoms with E-state index in [1.165, 1.54) is 6.07 Å². The number of nitrogens with zero attached hydrogens (tertiary/aromatic N) is 9. The van der Waals surface area contributed by atoms with Crippen molar-refractivity contribution in [1.82, 2.24) is 34.4 Å². The normalized spacial score (nSPS) is 17.7. The van der Waals surface area contributed by atoms with Crippen LogP contribution in [0.3, 0.4) is 0 Å². The lowest BCUT2D eigenvalue weighted by Crippen LogP contribution is -2.46. The highest BCUT2D eigenvalue weighted by Crippen LogP contribution is 2.40. The predicted molar refractivity (Wildman–Crippen MR) is 161 cm³/mol. The molecule has 1 unspecified atom stereocenters. The van der Waals surface area contributed by atoms with Crippen molar-refractivity contribution in [2.45, 2.75) is 51.7 Å². The first-order chi connectivity index (χ1) is 21.9. The van der Waals surface area contributed by atoms with Crippen LogP contribution in [0.1, 0.15) is 46.3 Å². The Balaban J connectivity index is 1.07. The fraction of sp³-hybridized carbons (Fsp3) is 0.312. The van der Waals surface area contributed by atoms with Crippen LogP contribution in [0.5, 0.6) is 5.88 Å². The van der Waals surface area contributed by atoms with Gasteiger partial charge in [0.05, 0.1) is 53.2 Å². The number of hydrogen-bond acceptors (Lipinski definition) is 9.